The fourth-order valence-electron chi connectivity index (χ4n) is 3.44. The molecule has 0 aliphatic carbocycles. The summed E-state index contributed by atoms with van der Waals surface area (Å²) in [6.45, 7) is 1.92. The van der Waals surface area contributed by atoms with Gasteiger partial charge in [0.25, 0.3) is 0 Å². The van der Waals surface area contributed by atoms with E-state index in [1.165, 1.54) is 0 Å². The zero-order chi connectivity index (χ0) is 20.3. The monoisotopic (exact) mass is 390 g/mol. The molecule has 2 N–H and O–H groups in total. The molecule has 4 nitrogen and oxygen atoms in total. The normalized spacial score (nSPS) is 20.9. The van der Waals surface area contributed by atoms with Crippen molar-refractivity contribution >= 4 is 11.8 Å². The summed E-state index contributed by atoms with van der Waals surface area (Å²) >= 11 is 0. The van der Waals surface area contributed by atoms with Crippen molar-refractivity contribution < 1.29 is 22.8 Å². The summed E-state index contributed by atoms with van der Waals surface area (Å²) < 4.78 is 38.5. The van der Waals surface area contributed by atoms with E-state index in [-0.39, 0.29) is 12.8 Å². The second-order valence-electron chi connectivity index (χ2n) is 6.94. The quantitative estimate of drug-likeness (QED) is 0.783. The number of hydrogen-bond acceptors (Lipinski definition) is 2. The predicted octanol–water partition coefficient (Wildman–Crippen LogP) is 3.66. The molecule has 28 heavy (non-hydrogen) atoms. The molecule has 7 heteroatoms. The minimum Gasteiger partial charge on any atom is -0.344 e. The zero-order valence-electron chi connectivity index (χ0n) is 15.3. The van der Waals surface area contributed by atoms with Crippen molar-refractivity contribution in [1.82, 2.24) is 10.6 Å². The number of nitrogens with one attached hydrogen (secondary N) is 2. The summed E-state index contributed by atoms with van der Waals surface area (Å²) in [4.78, 5) is 24.9. The van der Waals surface area contributed by atoms with Gasteiger partial charge in [-0.25, -0.2) is 0 Å². The van der Waals surface area contributed by atoms with E-state index in [1.807, 2.05) is 66.8 Å². The van der Waals surface area contributed by atoms with E-state index in [4.69, 9.17) is 0 Å². The number of aryl methyl sites for hydroxylation is 1. The first-order valence-corrected chi connectivity index (χ1v) is 9.05. The lowest BCUT2D eigenvalue weighted by molar-refractivity contribution is -0.171. The minimum atomic E-state index is -4.51. The molecular formula is C21H21F3N2O2. The van der Waals surface area contributed by atoms with E-state index < -0.39 is 36.0 Å². The molecule has 1 saturated heterocycles. The fourth-order valence-corrected chi connectivity index (χ4v) is 3.44. The summed E-state index contributed by atoms with van der Waals surface area (Å²) in [5.41, 5.74) is 2.66. The number of hydrogen-bond donors (Lipinski definition) is 2. The van der Waals surface area contributed by atoms with E-state index in [9.17, 15) is 22.8 Å². The van der Waals surface area contributed by atoms with Gasteiger partial charge in [-0.05, 0) is 36.5 Å². The smallest absolute Gasteiger partial charge is 0.344 e. The molecule has 1 aliphatic heterocycles. The molecule has 3 rings (SSSR count). The summed E-state index contributed by atoms with van der Waals surface area (Å²) in [5, 5.41) is 4.79. The molecule has 1 aliphatic rings. The van der Waals surface area contributed by atoms with Crippen molar-refractivity contribution in [3.8, 4) is 0 Å². The van der Waals surface area contributed by atoms with Crippen LogP contribution < -0.4 is 10.6 Å². The van der Waals surface area contributed by atoms with E-state index in [1.54, 1.807) is 0 Å². The van der Waals surface area contributed by atoms with Gasteiger partial charge in [0.1, 0.15) is 12.0 Å². The maximum atomic E-state index is 12.8. The third kappa shape index (κ3) is 4.35. The van der Waals surface area contributed by atoms with Crippen molar-refractivity contribution in [2.75, 3.05) is 0 Å². The molecule has 2 amide bonds. The molecule has 0 bridgehead atoms. The third-order valence-corrected chi connectivity index (χ3v) is 5.01. The number of carbonyl (C=O) groups excluding carboxylic acids is 2. The molecule has 1 fully saturated rings. The standard InChI is InChI=1S/C21H21F3N2O2/c1-13-7-5-6-10-15(13)18(14-8-3-2-4-9-14)26-20(28)16-11-12-17(21(22,23)24)25-19(16)27/h2-10,16-18H,11-12H2,1H3,(H,25,27)(H,26,28). The fraction of sp³-hybridized carbons (Fsp3) is 0.333. The SMILES string of the molecule is Cc1ccccc1C(NC(=O)C1CCC(C(F)(F)F)NC1=O)c1ccccc1. The third-order valence-electron chi connectivity index (χ3n) is 5.01. The Morgan fingerprint density at radius 2 is 1.71 bits per heavy atom. The average Bonchev–Trinajstić information content (AvgIpc) is 2.66. The van der Waals surface area contributed by atoms with Gasteiger partial charge in [-0.2, -0.15) is 13.2 Å². The zero-order valence-corrected chi connectivity index (χ0v) is 15.3. The van der Waals surface area contributed by atoms with Crippen LogP contribution in [0.5, 0.6) is 0 Å². The number of alkyl halides is 3. The summed E-state index contributed by atoms with van der Waals surface area (Å²) in [7, 11) is 0. The van der Waals surface area contributed by atoms with Gasteiger partial charge in [0.15, 0.2) is 0 Å². The first-order chi connectivity index (χ1) is 13.3. The highest BCUT2D eigenvalue weighted by Crippen LogP contribution is 2.30. The summed E-state index contributed by atoms with van der Waals surface area (Å²) in [5.74, 6) is -2.60. The topological polar surface area (TPSA) is 58.2 Å². The van der Waals surface area contributed by atoms with E-state index in [2.05, 4.69) is 5.32 Å². The van der Waals surface area contributed by atoms with E-state index >= 15 is 0 Å². The Labute approximate surface area is 161 Å². The molecular weight excluding hydrogens is 369 g/mol. The molecule has 0 radical (unpaired) electrons. The van der Waals surface area contributed by atoms with Crippen LogP contribution in [0.25, 0.3) is 0 Å². The largest absolute Gasteiger partial charge is 0.408 e. The highest BCUT2D eigenvalue weighted by molar-refractivity contribution is 6.01. The Bertz CT molecular complexity index is 852. The van der Waals surface area contributed by atoms with E-state index in [0.29, 0.717) is 0 Å². The van der Waals surface area contributed by atoms with E-state index in [0.717, 1.165) is 16.7 Å². The summed E-state index contributed by atoms with van der Waals surface area (Å²) in [6, 6.07) is 14.4. The van der Waals surface area contributed by atoms with Gasteiger partial charge < -0.3 is 10.6 Å². The lowest BCUT2D eigenvalue weighted by Gasteiger charge is -2.31. The van der Waals surface area contributed by atoms with Crippen LogP contribution in [0.4, 0.5) is 13.2 Å². The van der Waals surface area contributed by atoms with Crippen LogP contribution in [0.2, 0.25) is 0 Å². The highest BCUT2D eigenvalue weighted by atomic mass is 19.4. The van der Waals surface area contributed by atoms with Crippen LogP contribution in [0.1, 0.15) is 35.6 Å². The van der Waals surface area contributed by atoms with Gasteiger partial charge in [0, 0.05) is 0 Å². The molecule has 3 atom stereocenters. The van der Waals surface area contributed by atoms with Crippen molar-refractivity contribution in [1.29, 1.82) is 0 Å². The molecule has 1 heterocycles. The molecule has 2 aromatic carbocycles. The first-order valence-electron chi connectivity index (χ1n) is 9.05. The molecule has 0 aromatic heterocycles. The molecule has 0 spiro atoms. The Balaban J connectivity index is 1.81. The van der Waals surface area contributed by atoms with Gasteiger partial charge in [0.2, 0.25) is 11.8 Å². The maximum absolute atomic E-state index is 12.8. The van der Waals surface area contributed by atoms with Gasteiger partial charge in [-0.15, -0.1) is 0 Å². The summed E-state index contributed by atoms with van der Waals surface area (Å²) in [6.07, 6.45) is -4.96. The second kappa shape index (κ2) is 8.04. The minimum absolute atomic E-state index is 0.142. The van der Waals surface area contributed by atoms with Gasteiger partial charge in [0.05, 0.1) is 6.04 Å². The van der Waals surface area contributed by atoms with Crippen LogP contribution >= 0.6 is 0 Å². The van der Waals surface area contributed by atoms with Gasteiger partial charge >= 0.3 is 6.18 Å². The van der Waals surface area contributed by atoms with Crippen LogP contribution in [0, 0.1) is 12.8 Å². The second-order valence-corrected chi connectivity index (χ2v) is 6.94. The van der Waals surface area contributed by atoms with Crippen LogP contribution in [0.15, 0.2) is 54.6 Å². The Morgan fingerprint density at radius 3 is 2.32 bits per heavy atom. The van der Waals surface area contributed by atoms with Gasteiger partial charge in [-0.1, -0.05) is 54.6 Å². The lowest BCUT2D eigenvalue weighted by atomic mass is 9.90. The van der Waals surface area contributed by atoms with Crippen molar-refractivity contribution in [3.63, 3.8) is 0 Å². The Hall–Kier alpha value is -2.83. The number of piperidine rings is 1. The van der Waals surface area contributed by atoms with Crippen molar-refractivity contribution in [3.05, 3.63) is 71.3 Å². The van der Waals surface area contributed by atoms with Crippen LogP contribution in [0.3, 0.4) is 0 Å². The predicted molar refractivity (Wildman–Crippen MR) is 98.3 cm³/mol. The first kappa shape index (κ1) is 19.9. The lowest BCUT2D eigenvalue weighted by Crippen LogP contribution is -2.54. The number of benzene rings is 2. The molecule has 2 aromatic rings. The van der Waals surface area contributed by atoms with Gasteiger partial charge in [-0.3, -0.25) is 9.59 Å². The highest BCUT2D eigenvalue weighted by Gasteiger charge is 2.46. The van der Waals surface area contributed by atoms with Crippen LogP contribution in [-0.2, 0) is 9.59 Å². The number of rotatable bonds is 4. The molecule has 0 saturated carbocycles. The average molecular weight is 390 g/mol. The van der Waals surface area contributed by atoms with Crippen molar-refractivity contribution in [2.24, 2.45) is 5.92 Å². The molecule has 148 valence electrons. The maximum Gasteiger partial charge on any atom is 0.408 e. The Kier molecular flexibility index (Phi) is 5.72. The number of amides is 2. The number of carbonyl (C=O) groups is 2. The van der Waals surface area contributed by atoms with Crippen LogP contribution in [-0.4, -0.2) is 24.0 Å². The molecule has 3 unspecified atom stereocenters. The number of halogens is 3. The Morgan fingerprint density at radius 1 is 1.07 bits per heavy atom. The van der Waals surface area contributed by atoms with Crippen molar-refractivity contribution in [2.45, 2.75) is 38.0 Å².